The van der Waals surface area contributed by atoms with Crippen LogP contribution in [-0.4, -0.2) is 23.7 Å². The fraction of sp³-hybridized carbons (Fsp3) is 0.857. The van der Waals surface area contributed by atoms with Crippen molar-refractivity contribution in [2.24, 2.45) is 20.8 Å². The zero-order valence-corrected chi connectivity index (χ0v) is 12.5. The SMILES string of the molecule is CCC(N=C=O)C(C)(N=C=O)C(C)(C)C(C)(C)C. The molecule has 0 rings (SSSR count). The molecule has 0 radical (unpaired) electrons. The zero-order chi connectivity index (χ0) is 14.6. The van der Waals surface area contributed by atoms with Crippen molar-refractivity contribution in [2.45, 2.75) is 66.5 Å². The molecule has 0 N–H and O–H groups in total. The molecule has 4 heteroatoms. The summed E-state index contributed by atoms with van der Waals surface area (Å²) in [5.41, 5.74) is -1.22. The van der Waals surface area contributed by atoms with Crippen molar-refractivity contribution in [1.82, 2.24) is 0 Å². The average molecular weight is 252 g/mol. The van der Waals surface area contributed by atoms with Crippen LogP contribution in [0.4, 0.5) is 0 Å². The summed E-state index contributed by atoms with van der Waals surface area (Å²) < 4.78 is 0. The minimum Gasteiger partial charge on any atom is -0.211 e. The first-order valence-electron chi connectivity index (χ1n) is 6.24. The highest BCUT2D eigenvalue weighted by atomic mass is 16.1. The molecule has 0 spiro atoms. The topological polar surface area (TPSA) is 58.9 Å². The third-order valence-corrected chi connectivity index (χ3v) is 4.66. The summed E-state index contributed by atoms with van der Waals surface area (Å²) in [6, 6.07) is -0.370. The van der Waals surface area contributed by atoms with E-state index in [-0.39, 0.29) is 16.9 Å². The van der Waals surface area contributed by atoms with Crippen LogP contribution in [0.5, 0.6) is 0 Å². The van der Waals surface area contributed by atoms with E-state index in [4.69, 9.17) is 0 Å². The maximum atomic E-state index is 10.8. The van der Waals surface area contributed by atoms with Gasteiger partial charge in [-0.3, -0.25) is 0 Å². The van der Waals surface area contributed by atoms with Gasteiger partial charge in [0, 0.05) is 0 Å². The van der Waals surface area contributed by atoms with Crippen LogP contribution >= 0.6 is 0 Å². The highest BCUT2D eigenvalue weighted by molar-refractivity contribution is 5.38. The molecular formula is C14H24N2O2. The molecule has 0 amide bonds. The summed E-state index contributed by atoms with van der Waals surface area (Å²) in [5, 5.41) is 0. The quantitative estimate of drug-likeness (QED) is 0.557. The molecule has 0 saturated carbocycles. The molecule has 2 atom stereocenters. The van der Waals surface area contributed by atoms with Gasteiger partial charge in [-0.05, 0) is 24.2 Å². The summed E-state index contributed by atoms with van der Waals surface area (Å²) in [7, 11) is 0. The molecule has 0 aromatic carbocycles. The van der Waals surface area contributed by atoms with E-state index < -0.39 is 5.54 Å². The average Bonchev–Trinajstić information content (AvgIpc) is 2.24. The molecule has 0 aliphatic rings. The molecule has 2 unspecified atom stereocenters. The molecule has 0 heterocycles. The van der Waals surface area contributed by atoms with Gasteiger partial charge in [0.1, 0.15) is 0 Å². The lowest BCUT2D eigenvalue weighted by Gasteiger charge is -2.51. The number of carbonyl (C=O) groups excluding carboxylic acids is 2. The highest BCUT2D eigenvalue weighted by Gasteiger charge is 2.52. The lowest BCUT2D eigenvalue weighted by Crippen LogP contribution is -2.55. The van der Waals surface area contributed by atoms with E-state index in [0.717, 1.165) is 0 Å². The number of hydrogen-bond donors (Lipinski definition) is 0. The minimum atomic E-state index is -0.779. The standard InChI is InChI=1S/C14H24N2O2/c1-8-11(15-9-17)14(7,16-10-18)13(5,6)12(2,3)4/h11H,8H2,1-7H3. The van der Waals surface area contributed by atoms with Gasteiger partial charge < -0.3 is 0 Å². The Kier molecular flexibility index (Phi) is 5.21. The lowest BCUT2D eigenvalue weighted by molar-refractivity contribution is 0.0264. The summed E-state index contributed by atoms with van der Waals surface area (Å²) in [4.78, 5) is 29.2. The Labute approximate surface area is 110 Å². The number of aliphatic imine (C=N–C) groups is 2. The summed E-state index contributed by atoms with van der Waals surface area (Å²) in [5.74, 6) is 0. The van der Waals surface area contributed by atoms with Crippen LogP contribution in [0.25, 0.3) is 0 Å². The number of nitrogens with zero attached hydrogens (tertiary/aromatic N) is 2. The van der Waals surface area contributed by atoms with E-state index in [1.54, 1.807) is 12.2 Å². The normalized spacial score (nSPS) is 17.1. The Bertz CT molecular complexity index is 383. The van der Waals surface area contributed by atoms with E-state index >= 15 is 0 Å². The van der Waals surface area contributed by atoms with Crippen molar-refractivity contribution < 1.29 is 9.59 Å². The zero-order valence-electron chi connectivity index (χ0n) is 12.5. The number of rotatable bonds is 5. The molecule has 4 nitrogen and oxygen atoms in total. The van der Waals surface area contributed by atoms with Gasteiger partial charge in [0.25, 0.3) is 0 Å². The first-order valence-corrected chi connectivity index (χ1v) is 6.24. The van der Waals surface area contributed by atoms with Crippen LogP contribution in [-0.2, 0) is 9.59 Å². The van der Waals surface area contributed by atoms with Crippen molar-refractivity contribution in [1.29, 1.82) is 0 Å². The molecule has 102 valence electrons. The van der Waals surface area contributed by atoms with Gasteiger partial charge in [0.05, 0.1) is 11.6 Å². The van der Waals surface area contributed by atoms with Crippen molar-refractivity contribution in [3.63, 3.8) is 0 Å². The maximum absolute atomic E-state index is 10.8. The fourth-order valence-electron chi connectivity index (χ4n) is 2.16. The van der Waals surface area contributed by atoms with Crippen LogP contribution in [0.1, 0.15) is 54.9 Å². The number of isocyanates is 2. The second kappa shape index (κ2) is 5.60. The van der Waals surface area contributed by atoms with Gasteiger partial charge in [0.15, 0.2) is 0 Å². The van der Waals surface area contributed by atoms with E-state index in [0.29, 0.717) is 6.42 Å². The summed E-state index contributed by atoms with van der Waals surface area (Å²) in [6.45, 7) is 14.1. The van der Waals surface area contributed by atoms with E-state index in [2.05, 4.69) is 30.8 Å². The van der Waals surface area contributed by atoms with Gasteiger partial charge >= 0.3 is 0 Å². The highest BCUT2D eigenvalue weighted by Crippen LogP contribution is 2.50. The van der Waals surface area contributed by atoms with E-state index in [1.165, 1.54) is 0 Å². The second-order valence-corrected chi connectivity index (χ2v) is 6.37. The summed E-state index contributed by atoms with van der Waals surface area (Å²) >= 11 is 0. The summed E-state index contributed by atoms with van der Waals surface area (Å²) in [6.07, 6.45) is 3.86. The second-order valence-electron chi connectivity index (χ2n) is 6.37. The van der Waals surface area contributed by atoms with Crippen LogP contribution in [0.15, 0.2) is 9.98 Å². The Morgan fingerprint density at radius 2 is 1.50 bits per heavy atom. The lowest BCUT2D eigenvalue weighted by atomic mass is 9.56. The third-order valence-electron chi connectivity index (χ3n) is 4.66. The largest absolute Gasteiger partial charge is 0.235 e. The first-order chi connectivity index (χ1) is 8.08. The van der Waals surface area contributed by atoms with Gasteiger partial charge in [0.2, 0.25) is 12.2 Å². The monoisotopic (exact) mass is 252 g/mol. The Hall–Kier alpha value is -1.24. The van der Waals surface area contributed by atoms with Crippen molar-refractivity contribution in [2.75, 3.05) is 0 Å². The molecular weight excluding hydrogens is 228 g/mol. The minimum absolute atomic E-state index is 0.103. The third kappa shape index (κ3) is 2.77. The maximum Gasteiger partial charge on any atom is 0.235 e. The van der Waals surface area contributed by atoms with Crippen LogP contribution in [0, 0.1) is 10.8 Å². The number of hydrogen-bond acceptors (Lipinski definition) is 4. The Morgan fingerprint density at radius 1 is 1.00 bits per heavy atom. The molecule has 0 fully saturated rings. The Balaban J connectivity index is 5.95. The molecule has 0 aliphatic carbocycles. The van der Waals surface area contributed by atoms with E-state index in [9.17, 15) is 9.59 Å². The predicted molar refractivity (Wildman–Crippen MR) is 72.0 cm³/mol. The fourth-order valence-corrected chi connectivity index (χ4v) is 2.16. The van der Waals surface area contributed by atoms with Gasteiger partial charge in [-0.1, -0.05) is 41.5 Å². The van der Waals surface area contributed by atoms with Crippen molar-refractivity contribution in [3.8, 4) is 0 Å². The molecule has 0 aliphatic heterocycles. The Morgan fingerprint density at radius 3 is 1.78 bits per heavy atom. The molecule has 18 heavy (non-hydrogen) atoms. The van der Waals surface area contributed by atoms with Gasteiger partial charge in [-0.2, -0.15) is 9.98 Å². The van der Waals surface area contributed by atoms with Gasteiger partial charge in [-0.15, -0.1) is 0 Å². The first kappa shape index (κ1) is 16.8. The molecule has 0 bridgehead atoms. The van der Waals surface area contributed by atoms with Crippen LogP contribution in [0.3, 0.4) is 0 Å². The van der Waals surface area contributed by atoms with Crippen molar-refractivity contribution >= 4 is 12.2 Å². The van der Waals surface area contributed by atoms with Crippen LogP contribution in [0.2, 0.25) is 0 Å². The van der Waals surface area contributed by atoms with Crippen LogP contribution < -0.4 is 0 Å². The van der Waals surface area contributed by atoms with Gasteiger partial charge in [-0.25, -0.2) is 9.59 Å². The molecule has 0 aromatic heterocycles. The predicted octanol–water partition coefficient (Wildman–Crippen LogP) is 3.27. The molecule has 0 aromatic rings. The van der Waals surface area contributed by atoms with E-state index in [1.807, 2.05) is 27.7 Å². The van der Waals surface area contributed by atoms with Crippen molar-refractivity contribution in [3.05, 3.63) is 0 Å². The smallest absolute Gasteiger partial charge is 0.211 e. The molecule has 0 saturated heterocycles.